The molecule has 6 heteroatoms. The minimum atomic E-state index is -4.32. The van der Waals surface area contributed by atoms with Crippen molar-refractivity contribution in [2.45, 2.75) is 11.5 Å². The second-order valence-electron chi connectivity index (χ2n) is 1.76. The predicted molar refractivity (Wildman–Crippen MR) is 39.7 cm³/mol. The van der Waals surface area contributed by atoms with Gasteiger partial charge < -0.3 is 0 Å². The molecule has 0 N–H and O–H groups in total. The molecule has 0 spiro atoms. The summed E-state index contributed by atoms with van der Waals surface area (Å²) in [6.45, 7) is 0. The molecule has 62 valence electrons. The van der Waals surface area contributed by atoms with Crippen LogP contribution in [-0.4, -0.2) is 4.98 Å². The molecule has 1 aromatic rings. The van der Waals surface area contributed by atoms with Gasteiger partial charge in [0.05, 0.1) is 5.51 Å². The smallest absolute Gasteiger partial charge is 0.240 e. The second-order valence-corrected chi connectivity index (χ2v) is 3.26. The molecule has 11 heavy (non-hydrogen) atoms. The Labute approximate surface area is 73.4 Å². The minimum Gasteiger partial charge on any atom is -0.240 e. The summed E-state index contributed by atoms with van der Waals surface area (Å²) in [5.74, 6) is 0. The van der Waals surface area contributed by atoms with E-state index in [4.69, 9.17) is 0 Å². The normalized spacial score (nSPS) is 12.0. The molecular formula is C5H3BrF3NS. The molecule has 0 aliphatic carbocycles. The van der Waals surface area contributed by atoms with Crippen LogP contribution < -0.4 is 0 Å². The lowest BCUT2D eigenvalue weighted by Gasteiger charge is -2.02. The van der Waals surface area contributed by atoms with Gasteiger partial charge in [0.25, 0.3) is 0 Å². The van der Waals surface area contributed by atoms with Gasteiger partial charge >= 0.3 is 6.18 Å². The molecule has 1 rings (SSSR count). The van der Waals surface area contributed by atoms with E-state index in [1.54, 1.807) is 0 Å². The fourth-order valence-corrected chi connectivity index (χ4v) is 1.89. The van der Waals surface area contributed by atoms with Crippen LogP contribution in [0.4, 0.5) is 13.2 Å². The van der Waals surface area contributed by atoms with Crippen LogP contribution in [0.2, 0.25) is 0 Å². The zero-order valence-corrected chi connectivity index (χ0v) is 7.55. The van der Waals surface area contributed by atoms with Crippen molar-refractivity contribution in [1.82, 2.24) is 4.98 Å². The van der Waals surface area contributed by atoms with Gasteiger partial charge in [-0.15, -0.1) is 11.3 Å². The van der Waals surface area contributed by atoms with Crippen LogP contribution in [0.25, 0.3) is 0 Å². The third-order valence-electron chi connectivity index (χ3n) is 1.03. The summed E-state index contributed by atoms with van der Waals surface area (Å²) in [4.78, 5) is 3.44. The summed E-state index contributed by atoms with van der Waals surface area (Å²) < 4.78 is 36.0. The summed E-state index contributed by atoms with van der Waals surface area (Å²) >= 11 is 3.95. The SMILES string of the molecule is FC(F)(F)c1ncsc1CBr. The van der Waals surface area contributed by atoms with Gasteiger partial charge in [0.1, 0.15) is 0 Å². The average molecular weight is 246 g/mol. The van der Waals surface area contributed by atoms with Crippen LogP contribution in [0.5, 0.6) is 0 Å². The van der Waals surface area contributed by atoms with Gasteiger partial charge in [0, 0.05) is 10.2 Å². The first kappa shape index (κ1) is 8.99. The Balaban J connectivity index is 3.02. The van der Waals surface area contributed by atoms with Gasteiger partial charge in [-0.25, -0.2) is 4.98 Å². The lowest BCUT2D eigenvalue weighted by atomic mass is 10.4. The third kappa shape index (κ3) is 1.93. The van der Waals surface area contributed by atoms with Gasteiger partial charge in [0.15, 0.2) is 5.69 Å². The van der Waals surface area contributed by atoms with E-state index in [1.807, 2.05) is 0 Å². The number of hydrogen-bond acceptors (Lipinski definition) is 2. The molecule has 0 amide bonds. The van der Waals surface area contributed by atoms with Crippen LogP contribution in [-0.2, 0) is 11.5 Å². The lowest BCUT2D eigenvalue weighted by Crippen LogP contribution is -2.07. The summed E-state index contributed by atoms with van der Waals surface area (Å²) in [7, 11) is 0. The standard InChI is InChI=1S/C5H3BrF3NS/c6-1-3-4(5(7,8)9)10-2-11-3/h2H,1H2. The van der Waals surface area contributed by atoms with E-state index in [9.17, 15) is 13.2 Å². The molecule has 0 fully saturated rings. The average Bonchev–Trinajstić information content (AvgIpc) is 2.31. The Bertz CT molecular complexity index is 244. The Hall–Kier alpha value is -0.100. The molecule has 0 radical (unpaired) electrons. The first-order valence-electron chi connectivity index (χ1n) is 2.61. The van der Waals surface area contributed by atoms with Crippen molar-refractivity contribution in [2.75, 3.05) is 0 Å². The van der Waals surface area contributed by atoms with Gasteiger partial charge in [-0.05, 0) is 0 Å². The number of halogens is 4. The summed E-state index contributed by atoms with van der Waals surface area (Å²) in [5.41, 5.74) is 0.416. The molecule has 0 aliphatic heterocycles. The maximum atomic E-state index is 12.0. The van der Waals surface area contributed by atoms with E-state index >= 15 is 0 Å². The largest absolute Gasteiger partial charge is 0.434 e. The lowest BCUT2D eigenvalue weighted by molar-refractivity contribution is -0.141. The van der Waals surface area contributed by atoms with E-state index in [0.29, 0.717) is 0 Å². The number of alkyl halides is 4. The van der Waals surface area contributed by atoms with Crippen molar-refractivity contribution in [1.29, 1.82) is 0 Å². The molecule has 0 atom stereocenters. The highest BCUT2D eigenvalue weighted by molar-refractivity contribution is 9.08. The van der Waals surface area contributed by atoms with Crippen molar-refractivity contribution in [2.24, 2.45) is 0 Å². The third-order valence-corrected chi connectivity index (χ3v) is 2.80. The zero-order chi connectivity index (χ0) is 8.48. The molecule has 0 aliphatic rings. The summed E-state index contributed by atoms with van der Waals surface area (Å²) in [6, 6.07) is 0. The maximum absolute atomic E-state index is 12.0. The Morgan fingerprint density at radius 3 is 2.55 bits per heavy atom. The quantitative estimate of drug-likeness (QED) is 0.694. The topological polar surface area (TPSA) is 12.9 Å². The Morgan fingerprint density at radius 1 is 1.55 bits per heavy atom. The number of nitrogens with zero attached hydrogens (tertiary/aromatic N) is 1. The van der Waals surface area contributed by atoms with Crippen LogP contribution >= 0.6 is 27.3 Å². The maximum Gasteiger partial charge on any atom is 0.434 e. The van der Waals surface area contributed by atoms with Crippen molar-refractivity contribution < 1.29 is 13.2 Å². The molecule has 1 heterocycles. The molecule has 1 nitrogen and oxygen atoms in total. The van der Waals surface area contributed by atoms with Crippen LogP contribution in [0.3, 0.4) is 0 Å². The molecule has 1 aromatic heterocycles. The number of thiazole rings is 1. The van der Waals surface area contributed by atoms with Crippen molar-refractivity contribution in [3.63, 3.8) is 0 Å². The van der Waals surface area contributed by atoms with Crippen LogP contribution in [0, 0.1) is 0 Å². The van der Waals surface area contributed by atoms with E-state index in [-0.39, 0.29) is 10.2 Å². The van der Waals surface area contributed by atoms with E-state index in [0.717, 1.165) is 11.3 Å². The second kappa shape index (κ2) is 3.10. The molecule has 0 aromatic carbocycles. The number of aromatic nitrogens is 1. The fraction of sp³-hybridized carbons (Fsp3) is 0.400. The van der Waals surface area contributed by atoms with E-state index in [2.05, 4.69) is 20.9 Å². The molecule has 0 unspecified atom stereocenters. The van der Waals surface area contributed by atoms with Gasteiger partial charge in [0.2, 0.25) is 0 Å². The molecule has 0 saturated heterocycles. The zero-order valence-electron chi connectivity index (χ0n) is 5.15. The highest BCUT2D eigenvalue weighted by Gasteiger charge is 2.35. The van der Waals surface area contributed by atoms with Crippen LogP contribution in [0.15, 0.2) is 5.51 Å². The Morgan fingerprint density at radius 2 is 2.18 bits per heavy atom. The first-order valence-corrected chi connectivity index (χ1v) is 4.61. The Kier molecular flexibility index (Phi) is 2.54. The van der Waals surface area contributed by atoms with Crippen LogP contribution in [0.1, 0.15) is 10.6 Å². The van der Waals surface area contributed by atoms with Gasteiger partial charge in [-0.3, -0.25) is 0 Å². The predicted octanol–water partition coefficient (Wildman–Crippen LogP) is 3.06. The minimum absolute atomic E-state index is 0.201. The van der Waals surface area contributed by atoms with Crippen molar-refractivity contribution in [3.8, 4) is 0 Å². The van der Waals surface area contributed by atoms with Crippen molar-refractivity contribution >= 4 is 27.3 Å². The van der Waals surface area contributed by atoms with Gasteiger partial charge in [-0.1, -0.05) is 15.9 Å². The van der Waals surface area contributed by atoms with E-state index in [1.165, 1.54) is 5.51 Å². The fourth-order valence-electron chi connectivity index (χ4n) is 0.597. The number of hydrogen-bond donors (Lipinski definition) is 0. The summed E-state index contributed by atoms with van der Waals surface area (Å²) in [5, 5.41) is 0.201. The van der Waals surface area contributed by atoms with E-state index < -0.39 is 11.9 Å². The number of rotatable bonds is 1. The highest BCUT2D eigenvalue weighted by atomic mass is 79.9. The monoisotopic (exact) mass is 245 g/mol. The molecule has 0 bridgehead atoms. The molecule has 0 saturated carbocycles. The van der Waals surface area contributed by atoms with Crippen molar-refractivity contribution in [3.05, 3.63) is 16.1 Å². The van der Waals surface area contributed by atoms with Gasteiger partial charge in [-0.2, -0.15) is 13.2 Å². The summed E-state index contributed by atoms with van der Waals surface area (Å²) in [6.07, 6.45) is -4.32. The molecular weight excluding hydrogens is 243 g/mol. The first-order chi connectivity index (χ1) is 5.05. The highest BCUT2D eigenvalue weighted by Crippen LogP contribution is 2.33.